The van der Waals surface area contributed by atoms with Gasteiger partial charge in [-0.3, -0.25) is 24.0 Å². The monoisotopic (exact) mass is 626 g/mol. The van der Waals surface area contributed by atoms with Gasteiger partial charge in [-0.15, -0.1) is 0 Å². The molecule has 4 aromatic rings. The van der Waals surface area contributed by atoms with Crippen LogP contribution < -0.4 is 20.3 Å². The Morgan fingerprint density at radius 3 is 2.37 bits per heavy atom. The molecule has 2 aliphatic rings. The first-order valence-electron chi connectivity index (χ1n) is 16.0. The van der Waals surface area contributed by atoms with Crippen LogP contribution in [0.4, 0.5) is 0 Å². The van der Waals surface area contributed by atoms with E-state index in [1.165, 1.54) is 12.1 Å². The molecule has 0 unspecified atom stereocenters. The lowest BCUT2D eigenvalue weighted by molar-refractivity contribution is -0.135. The van der Waals surface area contributed by atoms with Crippen molar-refractivity contribution in [2.75, 3.05) is 59.0 Å². The van der Waals surface area contributed by atoms with E-state index >= 15 is 0 Å². The molecule has 0 radical (unpaired) electrons. The number of aromatic nitrogens is 2. The van der Waals surface area contributed by atoms with Crippen molar-refractivity contribution in [1.29, 1.82) is 0 Å². The third kappa shape index (κ3) is 7.50. The van der Waals surface area contributed by atoms with Gasteiger partial charge in [0, 0.05) is 58.9 Å². The number of amides is 1. The number of fused-ring (bicyclic) bond motifs is 1. The summed E-state index contributed by atoms with van der Waals surface area (Å²) in [6.07, 6.45) is -0.0667. The molecule has 0 aliphatic carbocycles. The third-order valence-electron chi connectivity index (χ3n) is 8.38. The molecule has 242 valence electrons. The van der Waals surface area contributed by atoms with Crippen LogP contribution in [0.2, 0.25) is 0 Å². The summed E-state index contributed by atoms with van der Waals surface area (Å²) in [5.41, 5.74) is 2.30. The van der Waals surface area contributed by atoms with E-state index in [0.29, 0.717) is 66.6 Å². The second-order valence-electron chi connectivity index (χ2n) is 12.1. The average Bonchev–Trinajstić information content (AvgIpc) is 3.06. The molecule has 2 fully saturated rings. The molecular formula is C35H42N6O5. The minimum atomic E-state index is -0.123. The molecule has 1 aromatic heterocycles. The van der Waals surface area contributed by atoms with Gasteiger partial charge >= 0.3 is 0 Å². The lowest BCUT2D eigenvalue weighted by Crippen LogP contribution is -2.50. The van der Waals surface area contributed by atoms with Crippen molar-refractivity contribution in [1.82, 2.24) is 29.6 Å². The Hall–Kier alpha value is -4.45. The summed E-state index contributed by atoms with van der Waals surface area (Å²) in [6.45, 7) is 11.3. The van der Waals surface area contributed by atoms with E-state index in [2.05, 4.69) is 21.2 Å². The summed E-state index contributed by atoms with van der Waals surface area (Å²) in [7, 11) is 0. The van der Waals surface area contributed by atoms with E-state index in [-0.39, 0.29) is 29.9 Å². The van der Waals surface area contributed by atoms with Gasteiger partial charge in [0.1, 0.15) is 23.1 Å². The molecule has 2 aliphatic heterocycles. The maximum atomic E-state index is 14.4. The number of phenols is 1. The number of nitrogens with one attached hydrogen (secondary N) is 1. The quantitative estimate of drug-likeness (QED) is 0.274. The molecule has 2 saturated heterocycles. The Kier molecular flexibility index (Phi) is 9.82. The fourth-order valence-electron chi connectivity index (χ4n) is 5.99. The number of phenolic OH excluding ortho intramolecular Hbond substituents is 1. The first kappa shape index (κ1) is 31.5. The molecule has 1 amide bonds. The van der Waals surface area contributed by atoms with Gasteiger partial charge in [0.05, 0.1) is 29.2 Å². The Bertz CT molecular complexity index is 1710. The highest BCUT2D eigenvalue weighted by atomic mass is 16.5. The summed E-state index contributed by atoms with van der Waals surface area (Å²) in [4.78, 5) is 38.7. The predicted molar refractivity (Wildman–Crippen MR) is 177 cm³/mol. The summed E-state index contributed by atoms with van der Waals surface area (Å²) >= 11 is 0. The van der Waals surface area contributed by atoms with Crippen LogP contribution in [0.25, 0.3) is 16.6 Å². The molecule has 0 atom stereocenters. The molecule has 0 saturated carbocycles. The summed E-state index contributed by atoms with van der Waals surface area (Å²) in [5.74, 6) is 1.84. The van der Waals surface area contributed by atoms with Crippen LogP contribution >= 0.6 is 0 Å². The van der Waals surface area contributed by atoms with Gasteiger partial charge in [-0.1, -0.05) is 18.2 Å². The minimum absolute atomic E-state index is 0.0667. The SMILES string of the molecule is CC(C)Oc1ccccc1-n1c(CN2CCN(C(=O)COc3ccc(O)cc3)CC2)nc2ccc(CN3CCNCC3)cc2c1=O. The lowest BCUT2D eigenvalue weighted by Gasteiger charge is -2.34. The van der Waals surface area contributed by atoms with E-state index in [1.54, 1.807) is 21.6 Å². The van der Waals surface area contributed by atoms with E-state index in [4.69, 9.17) is 14.5 Å². The molecular weight excluding hydrogens is 584 g/mol. The average molecular weight is 627 g/mol. The second kappa shape index (κ2) is 14.3. The third-order valence-corrected chi connectivity index (χ3v) is 8.38. The van der Waals surface area contributed by atoms with Gasteiger partial charge in [-0.05, 0) is 67.9 Å². The summed E-state index contributed by atoms with van der Waals surface area (Å²) in [5, 5.41) is 13.4. The van der Waals surface area contributed by atoms with Crippen LogP contribution in [-0.4, -0.2) is 100 Å². The molecule has 0 spiro atoms. The molecule has 6 rings (SSSR count). The number of carbonyl (C=O) groups excluding carboxylic acids is 1. The Morgan fingerprint density at radius 2 is 1.63 bits per heavy atom. The molecule has 11 nitrogen and oxygen atoms in total. The zero-order chi connectivity index (χ0) is 32.0. The zero-order valence-electron chi connectivity index (χ0n) is 26.5. The highest BCUT2D eigenvalue weighted by molar-refractivity contribution is 5.79. The van der Waals surface area contributed by atoms with Crippen molar-refractivity contribution in [3.8, 4) is 22.9 Å². The number of rotatable bonds is 10. The van der Waals surface area contributed by atoms with Gasteiger partial charge in [0.25, 0.3) is 11.5 Å². The van der Waals surface area contributed by atoms with E-state index in [0.717, 1.165) is 38.3 Å². The van der Waals surface area contributed by atoms with Gasteiger partial charge < -0.3 is 24.8 Å². The number of piperazine rings is 2. The first-order chi connectivity index (χ1) is 22.3. The highest BCUT2D eigenvalue weighted by Crippen LogP contribution is 2.26. The van der Waals surface area contributed by atoms with Crippen molar-refractivity contribution in [3.05, 3.63) is 88.5 Å². The Labute approximate surface area is 269 Å². The maximum Gasteiger partial charge on any atom is 0.266 e. The van der Waals surface area contributed by atoms with E-state index in [1.807, 2.05) is 50.2 Å². The molecule has 46 heavy (non-hydrogen) atoms. The van der Waals surface area contributed by atoms with Crippen molar-refractivity contribution in [2.24, 2.45) is 0 Å². The van der Waals surface area contributed by atoms with Crippen LogP contribution in [0, 0.1) is 0 Å². The normalized spacial score (nSPS) is 16.2. The van der Waals surface area contributed by atoms with Gasteiger partial charge in [-0.2, -0.15) is 0 Å². The number of carbonyl (C=O) groups is 1. The lowest BCUT2D eigenvalue weighted by atomic mass is 10.1. The van der Waals surface area contributed by atoms with Crippen LogP contribution in [0.1, 0.15) is 25.2 Å². The van der Waals surface area contributed by atoms with Crippen molar-refractivity contribution in [2.45, 2.75) is 33.0 Å². The van der Waals surface area contributed by atoms with Gasteiger partial charge in [0.15, 0.2) is 6.61 Å². The summed E-state index contributed by atoms with van der Waals surface area (Å²) < 4.78 is 13.5. The Morgan fingerprint density at radius 1 is 0.913 bits per heavy atom. The molecule has 0 bridgehead atoms. The number of para-hydroxylation sites is 2. The smallest absolute Gasteiger partial charge is 0.266 e. The largest absolute Gasteiger partial charge is 0.508 e. The molecule has 3 aromatic carbocycles. The zero-order valence-corrected chi connectivity index (χ0v) is 26.5. The topological polar surface area (TPSA) is 112 Å². The van der Waals surface area contributed by atoms with Gasteiger partial charge in [-0.25, -0.2) is 4.98 Å². The number of hydrogen-bond donors (Lipinski definition) is 2. The fraction of sp³-hybridized carbons (Fsp3) is 0.400. The number of hydrogen-bond acceptors (Lipinski definition) is 9. The van der Waals surface area contributed by atoms with Crippen LogP contribution in [0.15, 0.2) is 71.5 Å². The highest BCUT2D eigenvalue weighted by Gasteiger charge is 2.25. The standard InChI is InChI=1S/C35H42N6O5/c1-25(2)46-32-6-4-3-5-31(32)41-33(37-30-12-7-26(21-29(30)35(41)44)22-38-15-13-36-14-16-38)23-39-17-19-40(20-18-39)34(43)24-45-28-10-8-27(42)9-11-28/h3-12,21,25,36,42H,13-20,22-24H2,1-2H3. The van der Waals surface area contributed by atoms with Crippen LogP contribution in [-0.2, 0) is 17.9 Å². The van der Waals surface area contributed by atoms with Crippen molar-refractivity contribution >= 4 is 16.8 Å². The van der Waals surface area contributed by atoms with Crippen molar-refractivity contribution in [3.63, 3.8) is 0 Å². The number of aromatic hydroxyl groups is 1. The Balaban J connectivity index is 1.23. The number of benzene rings is 3. The van der Waals surface area contributed by atoms with Crippen LogP contribution in [0.5, 0.6) is 17.2 Å². The second-order valence-corrected chi connectivity index (χ2v) is 12.1. The van der Waals surface area contributed by atoms with Crippen molar-refractivity contribution < 1.29 is 19.4 Å². The first-order valence-corrected chi connectivity index (χ1v) is 16.0. The molecule has 11 heteroatoms. The number of ether oxygens (including phenoxy) is 2. The van der Waals surface area contributed by atoms with E-state index in [9.17, 15) is 14.7 Å². The van der Waals surface area contributed by atoms with Gasteiger partial charge in [0.2, 0.25) is 0 Å². The molecule has 3 heterocycles. The summed E-state index contributed by atoms with van der Waals surface area (Å²) in [6, 6.07) is 20.0. The number of nitrogens with zero attached hydrogens (tertiary/aromatic N) is 5. The van der Waals surface area contributed by atoms with E-state index < -0.39 is 0 Å². The van der Waals surface area contributed by atoms with Crippen LogP contribution in [0.3, 0.4) is 0 Å². The predicted octanol–water partition coefficient (Wildman–Crippen LogP) is 3.01. The minimum Gasteiger partial charge on any atom is -0.508 e. The molecule has 2 N–H and O–H groups in total. The fourth-order valence-corrected chi connectivity index (χ4v) is 5.99. The maximum absolute atomic E-state index is 14.4.